The molecule has 0 bridgehead atoms. The fraction of sp³-hybridized carbons (Fsp3) is 0.929. The van der Waals surface area contributed by atoms with Crippen molar-refractivity contribution < 1.29 is 9.53 Å². The van der Waals surface area contributed by atoms with Crippen molar-refractivity contribution in [1.82, 2.24) is 10.2 Å². The van der Waals surface area contributed by atoms with Crippen LogP contribution in [0.3, 0.4) is 0 Å². The molecular formula is C14H26N2O2. The first-order chi connectivity index (χ1) is 8.81. The zero-order chi connectivity index (χ0) is 12.8. The minimum absolute atomic E-state index is 0.154. The molecule has 2 aliphatic heterocycles. The lowest BCUT2D eigenvalue weighted by atomic mass is 9.97. The van der Waals surface area contributed by atoms with Crippen LogP contribution in [0.4, 0.5) is 0 Å². The van der Waals surface area contributed by atoms with E-state index in [-0.39, 0.29) is 12.0 Å². The Bertz CT molecular complexity index is 259. The van der Waals surface area contributed by atoms with Crippen LogP contribution in [0.25, 0.3) is 0 Å². The minimum Gasteiger partial charge on any atom is -0.368 e. The van der Waals surface area contributed by atoms with Gasteiger partial charge in [0, 0.05) is 19.7 Å². The van der Waals surface area contributed by atoms with Crippen molar-refractivity contribution >= 4 is 5.91 Å². The van der Waals surface area contributed by atoms with Gasteiger partial charge in [0.2, 0.25) is 0 Å². The number of nitrogens with zero attached hydrogens (tertiary/aromatic N) is 1. The zero-order valence-electron chi connectivity index (χ0n) is 11.5. The third-order valence-corrected chi connectivity index (χ3v) is 3.95. The lowest BCUT2D eigenvalue weighted by molar-refractivity contribution is -0.141. The van der Waals surface area contributed by atoms with Gasteiger partial charge in [0.05, 0.1) is 0 Å². The van der Waals surface area contributed by atoms with E-state index in [4.69, 9.17) is 4.74 Å². The van der Waals surface area contributed by atoms with Crippen LogP contribution < -0.4 is 5.32 Å². The molecule has 2 saturated heterocycles. The Labute approximate surface area is 110 Å². The second-order valence-corrected chi connectivity index (χ2v) is 5.48. The highest BCUT2D eigenvalue weighted by atomic mass is 16.5. The number of rotatable bonds is 5. The van der Waals surface area contributed by atoms with E-state index >= 15 is 0 Å². The van der Waals surface area contributed by atoms with Gasteiger partial charge in [0.1, 0.15) is 6.10 Å². The molecule has 2 aliphatic rings. The first kappa shape index (κ1) is 13.8. The summed E-state index contributed by atoms with van der Waals surface area (Å²) in [5, 5.41) is 3.38. The summed E-state index contributed by atoms with van der Waals surface area (Å²) >= 11 is 0. The van der Waals surface area contributed by atoms with E-state index in [1.54, 1.807) is 0 Å². The van der Waals surface area contributed by atoms with E-state index in [9.17, 15) is 4.79 Å². The molecule has 0 aromatic heterocycles. The smallest absolute Gasteiger partial charge is 0.251 e. The Morgan fingerprint density at radius 3 is 2.72 bits per heavy atom. The van der Waals surface area contributed by atoms with E-state index in [1.807, 2.05) is 4.90 Å². The molecular weight excluding hydrogens is 228 g/mol. The molecule has 0 aliphatic carbocycles. The number of piperidine rings is 1. The minimum atomic E-state index is -0.154. The van der Waals surface area contributed by atoms with Crippen molar-refractivity contribution in [2.75, 3.05) is 32.8 Å². The number of hydrogen-bond donors (Lipinski definition) is 1. The first-order valence-electron chi connectivity index (χ1n) is 7.42. The van der Waals surface area contributed by atoms with Crippen molar-refractivity contribution in [2.24, 2.45) is 5.92 Å². The molecule has 0 saturated carbocycles. The zero-order valence-corrected chi connectivity index (χ0v) is 11.5. The monoisotopic (exact) mass is 254 g/mol. The maximum atomic E-state index is 12.4. The predicted molar refractivity (Wildman–Crippen MR) is 71.4 cm³/mol. The van der Waals surface area contributed by atoms with Crippen LogP contribution in [0.5, 0.6) is 0 Å². The Hall–Kier alpha value is -0.610. The summed E-state index contributed by atoms with van der Waals surface area (Å²) in [6.45, 7) is 6.89. The quantitative estimate of drug-likeness (QED) is 0.806. The van der Waals surface area contributed by atoms with Crippen molar-refractivity contribution in [2.45, 2.75) is 45.1 Å². The summed E-state index contributed by atoms with van der Waals surface area (Å²) in [6.07, 6.45) is 5.20. The SMILES string of the molecule is CCCN(CC1CCNCC1)C(=O)[C@@H]1CCCO1. The second-order valence-electron chi connectivity index (χ2n) is 5.48. The Kier molecular flexibility index (Phi) is 5.45. The summed E-state index contributed by atoms with van der Waals surface area (Å²) in [7, 11) is 0. The molecule has 4 nitrogen and oxygen atoms in total. The Morgan fingerprint density at radius 1 is 1.33 bits per heavy atom. The maximum Gasteiger partial charge on any atom is 0.251 e. The van der Waals surface area contributed by atoms with Crippen LogP contribution in [0.15, 0.2) is 0 Å². The number of carbonyl (C=O) groups is 1. The van der Waals surface area contributed by atoms with Crippen LogP contribution in [0.1, 0.15) is 39.0 Å². The number of nitrogens with one attached hydrogen (secondary N) is 1. The molecule has 4 heteroatoms. The molecule has 2 rings (SSSR count). The molecule has 1 N–H and O–H groups in total. The maximum absolute atomic E-state index is 12.4. The van der Waals surface area contributed by atoms with Crippen LogP contribution in [-0.2, 0) is 9.53 Å². The normalized spacial score (nSPS) is 25.3. The summed E-state index contributed by atoms with van der Waals surface area (Å²) in [6, 6.07) is 0. The summed E-state index contributed by atoms with van der Waals surface area (Å²) in [5.74, 6) is 0.899. The van der Waals surface area contributed by atoms with Gasteiger partial charge < -0.3 is 15.0 Å². The first-order valence-corrected chi connectivity index (χ1v) is 7.42. The van der Waals surface area contributed by atoms with Crippen LogP contribution in [0.2, 0.25) is 0 Å². The standard InChI is InChI=1S/C14H26N2O2/c1-2-9-16(11-12-5-7-15-8-6-12)14(17)13-4-3-10-18-13/h12-13,15H,2-11H2,1H3/t13-/m0/s1. The third-order valence-electron chi connectivity index (χ3n) is 3.95. The fourth-order valence-electron chi connectivity index (χ4n) is 2.91. The van der Waals surface area contributed by atoms with Gasteiger partial charge in [-0.1, -0.05) is 6.92 Å². The molecule has 2 fully saturated rings. The second kappa shape index (κ2) is 7.10. The number of amides is 1. The molecule has 0 spiro atoms. The molecule has 1 atom stereocenters. The van der Waals surface area contributed by atoms with Crippen molar-refractivity contribution in [3.05, 3.63) is 0 Å². The van der Waals surface area contributed by atoms with Gasteiger partial charge >= 0.3 is 0 Å². The van der Waals surface area contributed by atoms with Gasteiger partial charge in [-0.3, -0.25) is 4.79 Å². The third kappa shape index (κ3) is 3.69. The Balaban J connectivity index is 1.87. The van der Waals surface area contributed by atoms with Crippen molar-refractivity contribution in [3.8, 4) is 0 Å². The topological polar surface area (TPSA) is 41.6 Å². The van der Waals surface area contributed by atoms with Crippen LogP contribution in [0, 0.1) is 5.92 Å². The van der Waals surface area contributed by atoms with Gasteiger partial charge in [0.15, 0.2) is 0 Å². The number of carbonyl (C=O) groups excluding carboxylic acids is 1. The molecule has 0 aromatic carbocycles. The average molecular weight is 254 g/mol. The number of hydrogen-bond acceptors (Lipinski definition) is 3. The lowest BCUT2D eigenvalue weighted by Gasteiger charge is -2.31. The molecule has 0 aromatic rings. The average Bonchev–Trinajstić information content (AvgIpc) is 2.92. The Morgan fingerprint density at radius 2 is 2.11 bits per heavy atom. The predicted octanol–water partition coefficient (Wildman–Crippen LogP) is 1.40. The summed E-state index contributed by atoms with van der Waals surface area (Å²) < 4.78 is 5.53. The van der Waals surface area contributed by atoms with Crippen LogP contribution >= 0.6 is 0 Å². The summed E-state index contributed by atoms with van der Waals surface area (Å²) in [4.78, 5) is 14.4. The molecule has 18 heavy (non-hydrogen) atoms. The van der Waals surface area contributed by atoms with Gasteiger partial charge in [-0.2, -0.15) is 0 Å². The van der Waals surface area contributed by atoms with Gasteiger partial charge in [0.25, 0.3) is 5.91 Å². The van der Waals surface area contributed by atoms with Crippen molar-refractivity contribution in [1.29, 1.82) is 0 Å². The highest BCUT2D eigenvalue weighted by Gasteiger charge is 2.29. The van der Waals surface area contributed by atoms with E-state index in [0.29, 0.717) is 5.92 Å². The molecule has 0 radical (unpaired) electrons. The van der Waals surface area contributed by atoms with Gasteiger partial charge in [-0.25, -0.2) is 0 Å². The van der Waals surface area contributed by atoms with Crippen LogP contribution in [-0.4, -0.2) is 49.7 Å². The number of ether oxygens (including phenoxy) is 1. The van der Waals surface area contributed by atoms with Gasteiger partial charge in [-0.05, 0) is 51.1 Å². The van der Waals surface area contributed by atoms with Crippen molar-refractivity contribution in [3.63, 3.8) is 0 Å². The molecule has 2 heterocycles. The van der Waals surface area contributed by atoms with E-state index in [2.05, 4.69) is 12.2 Å². The summed E-state index contributed by atoms with van der Waals surface area (Å²) in [5.41, 5.74) is 0. The molecule has 104 valence electrons. The fourth-order valence-corrected chi connectivity index (χ4v) is 2.91. The largest absolute Gasteiger partial charge is 0.368 e. The highest BCUT2D eigenvalue weighted by Crippen LogP contribution is 2.18. The highest BCUT2D eigenvalue weighted by molar-refractivity contribution is 5.81. The van der Waals surface area contributed by atoms with E-state index < -0.39 is 0 Å². The molecule has 1 amide bonds. The lowest BCUT2D eigenvalue weighted by Crippen LogP contribution is -2.44. The van der Waals surface area contributed by atoms with E-state index in [0.717, 1.165) is 52.0 Å². The van der Waals surface area contributed by atoms with E-state index in [1.165, 1.54) is 12.8 Å². The molecule has 0 unspecified atom stereocenters. The van der Waals surface area contributed by atoms with Gasteiger partial charge in [-0.15, -0.1) is 0 Å².